The number of urea groups is 1. The van der Waals surface area contributed by atoms with E-state index in [9.17, 15) is 9.59 Å². The minimum Gasteiger partial charge on any atom is -0.457 e. The van der Waals surface area contributed by atoms with Crippen LogP contribution in [0.1, 0.15) is 29.7 Å². The molecule has 0 fully saturated rings. The van der Waals surface area contributed by atoms with Gasteiger partial charge in [-0.1, -0.05) is 84.4 Å². The summed E-state index contributed by atoms with van der Waals surface area (Å²) < 4.78 is 5.65. The molecule has 1 aliphatic heterocycles. The fraction of sp³-hybridized carbons (Fsp3) is 0.154. The number of hydrogen-bond donors (Lipinski definition) is 1. The minimum atomic E-state index is -0.630. The van der Waals surface area contributed by atoms with E-state index in [2.05, 4.69) is 5.32 Å². The number of carbonyl (C=O) groups is 2. The molecule has 1 atom stereocenters. The van der Waals surface area contributed by atoms with Gasteiger partial charge < -0.3 is 10.1 Å². The van der Waals surface area contributed by atoms with Gasteiger partial charge in [-0.15, -0.1) is 0 Å². The highest BCUT2D eigenvalue weighted by Crippen LogP contribution is 2.33. The maximum atomic E-state index is 13.3. The summed E-state index contributed by atoms with van der Waals surface area (Å²) in [7, 11) is 0. The SMILES string of the molecule is CC1=C(C(=O)OCc2ccccc2)[C@@H](c2ccc(Cl)cc2)NC(=O)N1Cc1ccccc1. The zero-order valence-corrected chi connectivity index (χ0v) is 18.4. The van der Waals surface area contributed by atoms with E-state index in [1.165, 1.54) is 0 Å². The molecule has 0 bridgehead atoms. The molecule has 2 amide bonds. The maximum Gasteiger partial charge on any atom is 0.338 e. The number of benzene rings is 3. The van der Waals surface area contributed by atoms with Gasteiger partial charge in [-0.3, -0.25) is 4.90 Å². The van der Waals surface area contributed by atoms with Crippen LogP contribution in [0.25, 0.3) is 0 Å². The molecule has 0 spiro atoms. The van der Waals surface area contributed by atoms with E-state index in [1.807, 2.05) is 60.7 Å². The molecule has 0 radical (unpaired) electrons. The van der Waals surface area contributed by atoms with E-state index >= 15 is 0 Å². The molecule has 0 unspecified atom stereocenters. The van der Waals surface area contributed by atoms with Crippen molar-refractivity contribution in [2.75, 3.05) is 0 Å². The number of nitrogens with zero attached hydrogens (tertiary/aromatic N) is 1. The van der Waals surface area contributed by atoms with Gasteiger partial charge in [0.2, 0.25) is 0 Å². The highest BCUT2D eigenvalue weighted by Gasteiger charge is 2.36. The van der Waals surface area contributed by atoms with Crippen LogP contribution in [-0.4, -0.2) is 16.9 Å². The van der Waals surface area contributed by atoms with Crippen molar-refractivity contribution >= 4 is 23.6 Å². The lowest BCUT2D eigenvalue weighted by Crippen LogP contribution is -2.47. The number of amides is 2. The van der Waals surface area contributed by atoms with Crippen molar-refractivity contribution < 1.29 is 14.3 Å². The monoisotopic (exact) mass is 446 g/mol. The van der Waals surface area contributed by atoms with Crippen molar-refractivity contribution in [2.45, 2.75) is 26.1 Å². The third kappa shape index (κ3) is 4.84. The Bertz CT molecular complexity index is 1130. The van der Waals surface area contributed by atoms with Crippen LogP contribution in [0, 0.1) is 0 Å². The molecule has 32 heavy (non-hydrogen) atoms. The zero-order valence-electron chi connectivity index (χ0n) is 17.6. The van der Waals surface area contributed by atoms with E-state index in [0.29, 0.717) is 22.8 Å². The normalized spacial score (nSPS) is 16.0. The fourth-order valence-electron chi connectivity index (χ4n) is 3.71. The third-order valence-corrected chi connectivity index (χ3v) is 5.67. The van der Waals surface area contributed by atoms with Gasteiger partial charge in [0, 0.05) is 10.7 Å². The quantitative estimate of drug-likeness (QED) is 0.499. The molecule has 0 aromatic heterocycles. The molecule has 0 saturated carbocycles. The second-order valence-electron chi connectivity index (χ2n) is 7.57. The summed E-state index contributed by atoms with van der Waals surface area (Å²) in [5, 5.41) is 3.55. The zero-order chi connectivity index (χ0) is 22.5. The number of carbonyl (C=O) groups excluding carboxylic acids is 2. The number of allylic oxidation sites excluding steroid dienone is 1. The van der Waals surface area contributed by atoms with Crippen molar-refractivity contribution in [1.82, 2.24) is 10.2 Å². The third-order valence-electron chi connectivity index (χ3n) is 5.42. The van der Waals surface area contributed by atoms with Gasteiger partial charge in [-0.25, -0.2) is 9.59 Å². The lowest BCUT2D eigenvalue weighted by atomic mass is 9.94. The largest absolute Gasteiger partial charge is 0.457 e. The average Bonchev–Trinajstić information content (AvgIpc) is 2.82. The lowest BCUT2D eigenvalue weighted by molar-refractivity contribution is -0.141. The maximum absolute atomic E-state index is 13.3. The number of ether oxygens (including phenoxy) is 1. The van der Waals surface area contributed by atoms with E-state index in [4.69, 9.17) is 16.3 Å². The first-order valence-electron chi connectivity index (χ1n) is 10.3. The predicted octanol–water partition coefficient (Wildman–Crippen LogP) is 5.62. The van der Waals surface area contributed by atoms with Crippen LogP contribution in [0.5, 0.6) is 0 Å². The Labute approximate surface area is 192 Å². The smallest absolute Gasteiger partial charge is 0.338 e. The molecule has 162 valence electrons. The van der Waals surface area contributed by atoms with Gasteiger partial charge in [0.25, 0.3) is 0 Å². The van der Waals surface area contributed by atoms with Gasteiger partial charge in [0.15, 0.2) is 0 Å². The summed E-state index contributed by atoms with van der Waals surface area (Å²) in [5.74, 6) is -0.468. The topological polar surface area (TPSA) is 58.6 Å². The van der Waals surface area contributed by atoms with Gasteiger partial charge in [-0.05, 0) is 35.7 Å². The highest BCUT2D eigenvalue weighted by atomic mass is 35.5. The van der Waals surface area contributed by atoms with E-state index in [-0.39, 0.29) is 12.6 Å². The second-order valence-corrected chi connectivity index (χ2v) is 8.00. The molecule has 0 saturated heterocycles. The van der Waals surface area contributed by atoms with Gasteiger partial charge >= 0.3 is 12.0 Å². The number of rotatable bonds is 6. The Hall–Kier alpha value is -3.57. The fourth-order valence-corrected chi connectivity index (χ4v) is 3.83. The number of halogens is 1. The Kier molecular flexibility index (Phi) is 6.57. The average molecular weight is 447 g/mol. The van der Waals surface area contributed by atoms with Gasteiger partial charge in [0.1, 0.15) is 6.61 Å². The Morgan fingerprint density at radius 3 is 2.16 bits per heavy atom. The Morgan fingerprint density at radius 2 is 1.53 bits per heavy atom. The summed E-state index contributed by atoms with van der Waals surface area (Å²) in [6.45, 7) is 2.28. The first kappa shape index (κ1) is 21.7. The molecule has 1 aliphatic rings. The molecule has 0 aliphatic carbocycles. The van der Waals surface area contributed by atoms with Crippen LogP contribution in [0.2, 0.25) is 5.02 Å². The van der Waals surface area contributed by atoms with Crippen molar-refractivity contribution in [3.63, 3.8) is 0 Å². The predicted molar refractivity (Wildman–Crippen MR) is 124 cm³/mol. The van der Waals surface area contributed by atoms with Crippen molar-refractivity contribution in [2.24, 2.45) is 0 Å². The van der Waals surface area contributed by atoms with E-state index in [1.54, 1.807) is 36.1 Å². The number of nitrogens with one attached hydrogen (secondary N) is 1. The summed E-state index contributed by atoms with van der Waals surface area (Å²) in [6, 6.07) is 25.3. The van der Waals surface area contributed by atoms with Crippen LogP contribution in [0.15, 0.2) is 96.2 Å². The highest BCUT2D eigenvalue weighted by molar-refractivity contribution is 6.30. The summed E-state index contributed by atoms with van der Waals surface area (Å²) >= 11 is 6.04. The van der Waals surface area contributed by atoms with Crippen molar-refractivity contribution in [3.05, 3.63) is 118 Å². The van der Waals surface area contributed by atoms with Crippen LogP contribution in [0.4, 0.5) is 4.79 Å². The van der Waals surface area contributed by atoms with Crippen LogP contribution in [0.3, 0.4) is 0 Å². The standard InChI is InChI=1S/C26H23ClN2O3/c1-18-23(25(30)32-17-20-10-6-3-7-11-20)24(21-12-14-22(27)15-13-21)28-26(31)29(18)16-19-8-4-2-5-9-19/h2-15,24H,16-17H2,1H3,(H,28,31)/t24-/m1/s1. The van der Waals surface area contributed by atoms with Gasteiger partial charge in [0.05, 0.1) is 18.2 Å². The lowest BCUT2D eigenvalue weighted by Gasteiger charge is -2.35. The Morgan fingerprint density at radius 1 is 0.938 bits per heavy atom. The second kappa shape index (κ2) is 9.71. The molecule has 1 N–H and O–H groups in total. The van der Waals surface area contributed by atoms with Gasteiger partial charge in [-0.2, -0.15) is 0 Å². The molecule has 1 heterocycles. The molecule has 3 aromatic carbocycles. The Balaban J connectivity index is 1.67. The van der Waals surface area contributed by atoms with Crippen molar-refractivity contribution in [3.8, 4) is 0 Å². The van der Waals surface area contributed by atoms with E-state index < -0.39 is 12.0 Å². The number of esters is 1. The first-order chi connectivity index (χ1) is 15.5. The molecule has 6 heteroatoms. The molecule has 3 aromatic rings. The van der Waals surface area contributed by atoms with Crippen molar-refractivity contribution in [1.29, 1.82) is 0 Å². The van der Waals surface area contributed by atoms with E-state index in [0.717, 1.165) is 16.7 Å². The number of hydrogen-bond acceptors (Lipinski definition) is 3. The summed E-state index contributed by atoms with van der Waals surface area (Å²) in [5.41, 5.74) is 3.58. The van der Waals surface area contributed by atoms with Crippen LogP contribution < -0.4 is 5.32 Å². The van der Waals surface area contributed by atoms with Crippen LogP contribution >= 0.6 is 11.6 Å². The minimum absolute atomic E-state index is 0.149. The molecular weight excluding hydrogens is 424 g/mol. The molecule has 5 nitrogen and oxygen atoms in total. The van der Waals surface area contributed by atoms with Crippen LogP contribution in [-0.2, 0) is 22.7 Å². The summed E-state index contributed by atoms with van der Waals surface area (Å²) in [4.78, 5) is 27.8. The summed E-state index contributed by atoms with van der Waals surface area (Å²) in [6.07, 6.45) is 0. The molecular formula is C26H23ClN2O3. The molecule has 4 rings (SSSR count). The first-order valence-corrected chi connectivity index (χ1v) is 10.7.